The summed E-state index contributed by atoms with van der Waals surface area (Å²) in [4.78, 5) is 14.7. The molecule has 0 saturated carbocycles. The Labute approximate surface area is 129 Å². The number of nitrogens with two attached hydrogens (primary N) is 1. The maximum absolute atomic E-state index is 6.17. The number of piperazine rings is 1. The lowest BCUT2D eigenvalue weighted by Crippen LogP contribution is -2.47. The number of likely N-dealkylation sites (N-methyl/N-ethyl adjacent to an activating group) is 1. The molecule has 0 spiro atoms. The van der Waals surface area contributed by atoms with Crippen LogP contribution < -0.4 is 16.5 Å². The van der Waals surface area contributed by atoms with Gasteiger partial charge >= 0.3 is 0 Å². The molecule has 0 bridgehead atoms. The molecule has 8 nitrogen and oxygen atoms in total. The van der Waals surface area contributed by atoms with E-state index in [-0.39, 0.29) is 0 Å². The minimum atomic E-state index is 0.498. The number of aromatic nitrogens is 3. The van der Waals surface area contributed by atoms with E-state index in [4.69, 9.17) is 5.73 Å². The third kappa shape index (κ3) is 3.41. The van der Waals surface area contributed by atoms with Crippen LogP contribution in [-0.2, 0) is 0 Å². The Morgan fingerprint density at radius 2 is 1.73 bits per heavy atom. The molecule has 8 heteroatoms. The fourth-order valence-electron chi connectivity index (χ4n) is 2.22. The number of nitrogens with zero attached hydrogens (tertiary/aromatic N) is 5. The van der Waals surface area contributed by atoms with Crippen molar-refractivity contribution in [3.05, 3.63) is 30.9 Å². The molecule has 0 aliphatic carbocycles. The van der Waals surface area contributed by atoms with Crippen LogP contribution >= 0.6 is 0 Å². The second kappa shape index (κ2) is 6.54. The zero-order valence-corrected chi connectivity index (χ0v) is 12.5. The van der Waals surface area contributed by atoms with Gasteiger partial charge in [-0.1, -0.05) is 0 Å². The fraction of sp³-hybridized carbons (Fsp3) is 0.357. The predicted octanol–water partition coefficient (Wildman–Crippen LogP) is 0.772. The van der Waals surface area contributed by atoms with Crippen molar-refractivity contribution in [2.45, 2.75) is 0 Å². The molecule has 0 radical (unpaired) electrons. The Hall–Kier alpha value is -2.45. The average Bonchev–Trinajstić information content (AvgIpc) is 2.54. The number of nitrogen functional groups attached to an aromatic ring is 1. The van der Waals surface area contributed by atoms with E-state index >= 15 is 0 Å². The molecule has 0 unspecified atom stereocenters. The zero-order chi connectivity index (χ0) is 15.4. The van der Waals surface area contributed by atoms with Crippen molar-refractivity contribution in [1.82, 2.24) is 24.9 Å². The number of rotatable bonds is 4. The highest BCUT2D eigenvalue weighted by molar-refractivity contribution is 5.77. The largest absolute Gasteiger partial charge is 0.393 e. The molecule has 4 N–H and O–H groups in total. The molecule has 0 atom stereocenters. The molecule has 2 aromatic heterocycles. The summed E-state index contributed by atoms with van der Waals surface area (Å²) >= 11 is 0. The van der Waals surface area contributed by atoms with Gasteiger partial charge in [0.1, 0.15) is 12.0 Å². The van der Waals surface area contributed by atoms with Crippen LogP contribution in [0.2, 0.25) is 0 Å². The number of nitrogens with one attached hydrogen (secondary N) is 2. The molecule has 22 heavy (non-hydrogen) atoms. The molecular formula is C14H20N8. The van der Waals surface area contributed by atoms with Gasteiger partial charge < -0.3 is 21.4 Å². The Morgan fingerprint density at radius 3 is 2.45 bits per heavy atom. The van der Waals surface area contributed by atoms with Crippen LogP contribution in [0.5, 0.6) is 0 Å². The van der Waals surface area contributed by atoms with Gasteiger partial charge in [0.15, 0.2) is 11.6 Å². The normalized spacial score (nSPS) is 16.4. The first-order valence-electron chi connectivity index (χ1n) is 7.20. The molecule has 1 fully saturated rings. The van der Waals surface area contributed by atoms with Gasteiger partial charge in [-0.25, -0.2) is 15.0 Å². The molecule has 116 valence electrons. The smallest absolute Gasteiger partial charge is 0.169 e. The highest BCUT2D eigenvalue weighted by atomic mass is 15.5. The number of pyridine rings is 1. The minimum absolute atomic E-state index is 0.498. The second-order valence-corrected chi connectivity index (χ2v) is 5.25. The van der Waals surface area contributed by atoms with Crippen LogP contribution in [0.25, 0.3) is 0 Å². The highest BCUT2D eigenvalue weighted by Crippen LogP contribution is 2.25. The summed E-state index contributed by atoms with van der Waals surface area (Å²) in [7, 11) is 2.12. The van der Waals surface area contributed by atoms with Crippen molar-refractivity contribution in [3.63, 3.8) is 0 Å². The molecule has 0 aromatic carbocycles. The predicted molar refractivity (Wildman–Crippen MR) is 86.7 cm³/mol. The Kier molecular flexibility index (Phi) is 4.31. The maximum atomic E-state index is 6.17. The summed E-state index contributed by atoms with van der Waals surface area (Å²) in [6.07, 6.45) is 4.92. The summed E-state index contributed by atoms with van der Waals surface area (Å²) in [5.41, 5.74) is 10.8. The molecule has 1 saturated heterocycles. The third-order valence-electron chi connectivity index (χ3n) is 3.59. The molecule has 1 aliphatic rings. The van der Waals surface area contributed by atoms with Crippen LogP contribution in [-0.4, -0.2) is 58.1 Å². The van der Waals surface area contributed by atoms with Crippen LogP contribution in [0.4, 0.5) is 23.0 Å². The topological polar surface area (TPSA) is 95.2 Å². The van der Waals surface area contributed by atoms with E-state index < -0.39 is 0 Å². The number of hydrazine groups is 1. The fourth-order valence-corrected chi connectivity index (χ4v) is 2.22. The van der Waals surface area contributed by atoms with Crippen molar-refractivity contribution in [1.29, 1.82) is 0 Å². The maximum Gasteiger partial charge on any atom is 0.169 e. The van der Waals surface area contributed by atoms with Crippen molar-refractivity contribution < 1.29 is 0 Å². The standard InChI is InChI=1S/C14H20N8/c1-21-6-8-22(9-7-21)20-14-12(15)13(17-10-18-14)19-11-2-4-16-5-3-11/h2-5,10H,6-9,15H2,1H3,(H2,16,17,18,19,20). The van der Waals surface area contributed by atoms with Crippen LogP contribution in [0.3, 0.4) is 0 Å². The Balaban J connectivity index is 1.71. The van der Waals surface area contributed by atoms with Crippen molar-refractivity contribution >= 4 is 23.0 Å². The van der Waals surface area contributed by atoms with Crippen molar-refractivity contribution in [2.75, 3.05) is 49.7 Å². The van der Waals surface area contributed by atoms with E-state index in [1.165, 1.54) is 6.33 Å². The molecule has 3 heterocycles. The van der Waals surface area contributed by atoms with E-state index in [9.17, 15) is 0 Å². The first-order chi connectivity index (χ1) is 10.7. The van der Waals surface area contributed by atoms with Gasteiger partial charge in [-0.2, -0.15) is 0 Å². The monoisotopic (exact) mass is 300 g/mol. The molecule has 2 aromatic rings. The van der Waals surface area contributed by atoms with Gasteiger partial charge in [-0.15, -0.1) is 0 Å². The second-order valence-electron chi connectivity index (χ2n) is 5.25. The van der Waals surface area contributed by atoms with E-state index in [0.717, 1.165) is 31.9 Å². The number of anilines is 4. The van der Waals surface area contributed by atoms with Gasteiger partial charge in [0, 0.05) is 44.3 Å². The third-order valence-corrected chi connectivity index (χ3v) is 3.59. The van der Waals surface area contributed by atoms with Crippen molar-refractivity contribution in [3.8, 4) is 0 Å². The number of hydrogen-bond donors (Lipinski definition) is 3. The zero-order valence-electron chi connectivity index (χ0n) is 12.5. The van der Waals surface area contributed by atoms with E-state index in [0.29, 0.717) is 17.3 Å². The molecule has 1 aliphatic heterocycles. The van der Waals surface area contributed by atoms with Crippen LogP contribution in [0.1, 0.15) is 0 Å². The molecule has 0 amide bonds. The highest BCUT2D eigenvalue weighted by Gasteiger charge is 2.16. The minimum Gasteiger partial charge on any atom is -0.393 e. The van der Waals surface area contributed by atoms with Gasteiger partial charge in [-0.3, -0.25) is 4.98 Å². The summed E-state index contributed by atoms with van der Waals surface area (Å²) in [5, 5.41) is 5.29. The Morgan fingerprint density at radius 1 is 1.05 bits per heavy atom. The van der Waals surface area contributed by atoms with Gasteiger partial charge in [-0.05, 0) is 19.2 Å². The van der Waals surface area contributed by atoms with Gasteiger partial charge in [0.05, 0.1) is 0 Å². The van der Waals surface area contributed by atoms with Gasteiger partial charge in [0.2, 0.25) is 0 Å². The molecular weight excluding hydrogens is 280 g/mol. The lowest BCUT2D eigenvalue weighted by Gasteiger charge is -2.32. The first-order valence-corrected chi connectivity index (χ1v) is 7.20. The average molecular weight is 300 g/mol. The van der Waals surface area contributed by atoms with Crippen LogP contribution in [0, 0.1) is 0 Å². The summed E-state index contributed by atoms with van der Waals surface area (Å²) in [5.74, 6) is 1.20. The Bertz CT molecular complexity index is 609. The lowest BCUT2D eigenvalue weighted by atomic mass is 10.3. The first kappa shape index (κ1) is 14.5. The summed E-state index contributed by atoms with van der Waals surface area (Å²) in [6.45, 7) is 3.88. The van der Waals surface area contributed by atoms with E-state index in [1.54, 1.807) is 12.4 Å². The van der Waals surface area contributed by atoms with Crippen molar-refractivity contribution in [2.24, 2.45) is 0 Å². The van der Waals surface area contributed by atoms with Gasteiger partial charge in [0.25, 0.3) is 0 Å². The lowest BCUT2D eigenvalue weighted by molar-refractivity contribution is 0.178. The van der Waals surface area contributed by atoms with E-state index in [2.05, 4.69) is 42.7 Å². The van der Waals surface area contributed by atoms with Crippen LogP contribution in [0.15, 0.2) is 30.9 Å². The SMILES string of the molecule is CN1CCN(Nc2ncnc(Nc3ccncc3)c2N)CC1. The molecule has 3 rings (SSSR count). The number of hydrogen-bond acceptors (Lipinski definition) is 8. The summed E-state index contributed by atoms with van der Waals surface area (Å²) < 4.78 is 0. The van der Waals surface area contributed by atoms with E-state index in [1.807, 2.05) is 12.1 Å². The quantitative estimate of drug-likeness (QED) is 0.762. The summed E-state index contributed by atoms with van der Waals surface area (Å²) in [6, 6.07) is 3.71.